The highest BCUT2D eigenvalue weighted by Crippen LogP contribution is 2.44. The Morgan fingerprint density at radius 1 is 1.10 bits per heavy atom. The van der Waals surface area contributed by atoms with E-state index in [4.69, 9.17) is 0 Å². The summed E-state index contributed by atoms with van der Waals surface area (Å²) < 4.78 is 0. The molecule has 29 heavy (non-hydrogen) atoms. The fraction of sp³-hybridized carbons (Fsp3) is 0.478. The fourth-order valence-corrected chi connectivity index (χ4v) is 5.49. The third kappa shape index (κ3) is 4.70. The van der Waals surface area contributed by atoms with Crippen LogP contribution in [0.25, 0.3) is 0 Å². The molecule has 2 aromatic rings. The summed E-state index contributed by atoms with van der Waals surface area (Å²) in [5.74, 6) is -1.24. The number of aliphatic hydroxyl groups excluding tert-OH is 1. The van der Waals surface area contributed by atoms with Gasteiger partial charge >= 0.3 is 11.8 Å². The number of rotatable bonds is 5. The van der Waals surface area contributed by atoms with Crippen molar-refractivity contribution in [3.8, 4) is 0 Å². The van der Waals surface area contributed by atoms with Crippen LogP contribution in [-0.2, 0) is 15.0 Å². The molecule has 1 atom stereocenters. The predicted molar refractivity (Wildman–Crippen MR) is 117 cm³/mol. The molecule has 3 rings (SSSR count). The third-order valence-corrected chi connectivity index (χ3v) is 7.33. The molecule has 0 radical (unpaired) electrons. The zero-order valence-corrected chi connectivity index (χ0v) is 18.4. The van der Waals surface area contributed by atoms with Crippen molar-refractivity contribution in [2.24, 2.45) is 0 Å². The van der Waals surface area contributed by atoms with Gasteiger partial charge in [0.1, 0.15) is 0 Å². The van der Waals surface area contributed by atoms with Gasteiger partial charge < -0.3 is 15.7 Å². The molecular formula is C23H30N2O3S. The highest BCUT2D eigenvalue weighted by atomic mass is 32.1. The van der Waals surface area contributed by atoms with E-state index in [1.807, 2.05) is 39.0 Å². The maximum absolute atomic E-state index is 12.5. The molecule has 156 valence electrons. The van der Waals surface area contributed by atoms with Crippen molar-refractivity contribution in [1.82, 2.24) is 5.32 Å². The molecule has 1 aromatic carbocycles. The maximum Gasteiger partial charge on any atom is 0.313 e. The van der Waals surface area contributed by atoms with Gasteiger partial charge in [-0.15, -0.1) is 11.3 Å². The zero-order valence-electron chi connectivity index (χ0n) is 17.6. The van der Waals surface area contributed by atoms with Crippen LogP contribution < -0.4 is 10.6 Å². The fourth-order valence-electron chi connectivity index (χ4n) is 4.30. The Morgan fingerprint density at radius 3 is 2.28 bits per heavy atom. The summed E-state index contributed by atoms with van der Waals surface area (Å²) in [6, 6.07) is 8.00. The summed E-state index contributed by atoms with van der Waals surface area (Å²) in [5.41, 5.74) is 3.56. The molecule has 0 bridgehead atoms. The maximum atomic E-state index is 12.5. The van der Waals surface area contributed by atoms with Crippen LogP contribution in [0.3, 0.4) is 0 Å². The van der Waals surface area contributed by atoms with Gasteiger partial charge in [-0.2, -0.15) is 0 Å². The Morgan fingerprint density at radius 2 is 1.72 bits per heavy atom. The van der Waals surface area contributed by atoms with Gasteiger partial charge in [0.15, 0.2) is 0 Å². The highest BCUT2D eigenvalue weighted by Gasteiger charge is 2.38. The lowest BCUT2D eigenvalue weighted by Crippen LogP contribution is -2.43. The number of aliphatic hydroxyl groups is 1. The lowest BCUT2D eigenvalue weighted by molar-refractivity contribution is -0.136. The number of amides is 2. The first-order valence-electron chi connectivity index (χ1n) is 10.2. The van der Waals surface area contributed by atoms with Crippen LogP contribution in [0.1, 0.15) is 65.2 Å². The van der Waals surface area contributed by atoms with E-state index in [9.17, 15) is 14.7 Å². The minimum Gasteiger partial charge on any atom is -0.388 e. The lowest BCUT2D eigenvalue weighted by Gasteiger charge is -2.28. The first-order valence-corrected chi connectivity index (χ1v) is 11.0. The third-order valence-electron chi connectivity index (χ3n) is 5.83. The first kappa shape index (κ1) is 21.5. The van der Waals surface area contributed by atoms with Gasteiger partial charge in [-0.3, -0.25) is 9.59 Å². The van der Waals surface area contributed by atoms with Crippen molar-refractivity contribution in [3.05, 3.63) is 50.7 Å². The predicted octanol–water partition coefficient (Wildman–Crippen LogP) is 4.29. The van der Waals surface area contributed by atoms with Crippen LogP contribution in [0.2, 0.25) is 0 Å². The summed E-state index contributed by atoms with van der Waals surface area (Å²) in [4.78, 5) is 27.1. The standard InChI is InChI=1S/C23H30N2O3S/c1-14-11-15(2)20(16(3)12-14)25-22(28)21(27)24-13-23(9-5-6-10-23)19-8-7-18(29-19)17(4)26/h7-8,11-12,17,26H,5-6,9-10,13H2,1-4H3,(H,24,27)(H,25,28). The number of hydrogen-bond acceptors (Lipinski definition) is 4. The van der Waals surface area contributed by atoms with Crippen molar-refractivity contribution in [3.63, 3.8) is 0 Å². The van der Waals surface area contributed by atoms with Gasteiger partial charge in [0.2, 0.25) is 0 Å². The molecule has 0 spiro atoms. The van der Waals surface area contributed by atoms with Crippen LogP contribution in [0.4, 0.5) is 5.69 Å². The normalized spacial score (nSPS) is 16.4. The van der Waals surface area contributed by atoms with Gasteiger partial charge in [-0.1, -0.05) is 30.5 Å². The zero-order chi connectivity index (χ0) is 21.2. The van der Waals surface area contributed by atoms with Crippen LogP contribution in [-0.4, -0.2) is 23.5 Å². The lowest BCUT2D eigenvalue weighted by atomic mass is 9.84. The van der Waals surface area contributed by atoms with E-state index in [0.717, 1.165) is 47.3 Å². The Hall–Kier alpha value is -2.18. The summed E-state index contributed by atoms with van der Waals surface area (Å²) in [5, 5.41) is 15.5. The van der Waals surface area contributed by atoms with Crippen molar-refractivity contribution in [2.45, 2.75) is 64.9 Å². The second-order valence-corrected chi connectivity index (χ2v) is 9.39. The van der Waals surface area contributed by atoms with E-state index in [0.29, 0.717) is 12.2 Å². The average Bonchev–Trinajstić information content (AvgIpc) is 3.32. The molecule has 3 N–H and O–H groups in total. The largest absolute Gasteiger partial charge is 0.388 e. The summed E-state index contributed by atoms with van der Waals surface area (Å²) in [6.07, 6.45) is 3.67. The summed E-state index contributed by atoms with van der Waals surface area (Å²) in [6.45, 7) is 8.06. The molecule has 6 heteroatoms. The van der Waals surface area contributed by atoms with E-state index in [1.165, 1.54) is 4.88 Å². The molecule has 0 aliphatic heterocycles. The number of nitrogens with one attached hydrogen (secondary N) is 2. The molecule has 1 unspecified atom stereocenters. The minimum absolute atomic E-state index is 0.149. The Kier molecular flexibility index (Phi) is 6.44. The average molecular weight is 415 g/mol. The molecule has 1 heterocycles. The molecule has 5 nitrogen and oxygen atoms in total. The smallest absolute Gasteiger partial charge is 0.313 e. The van der Waals surface area contributed by atoms with Crippen molar-refractivity contribution in [1.29, 1.82) is 0 Å². The Bertz CT molecular complexity index is 888. The molecule has 1 aliphatic carbocycles. The number of anilines is 1. The topological polar surface area (TPSA) is 78.4 Å². The van der Waals surface area contributed by atoms with E-state index < -0.39 is 17.9 Å². The van der Waals surface area contributed by atoms with E-state index in [1.54, 1.807) is 18.3 Å². The number of aryl methyl sites for hydroxylation is 3. The van der Waals surface area contributed by atoms with E-state index in [2.05, 4.69) is 16.7 Å². The molecule has 0 saturated heterocycles. The molecule has 1 aromatic heterocycles. The number of thiophene rings is 1. The van der Waals surface area contributed by atoms with Crippen molar-refractivity contribution >= 4 is 28.8 Å². The second-order valence-electron chi connectivity index (χ2n) is 8.28. The second kappa shape index (κ2) is 8.67. The molecule has 2 amide bonds. The van der Waals surface area contributed by atoms with Crippen molar-refractivity contribution < 1.29 is 14.7 Å². The Balaban J connectivity index is 1.68. The molecular weight excluding hydrogens is 384 g/mol. The number of carbonyl (C=O) groups is 2. The van der Waals surface area contributed by atoms with Gasteiger partial charge in [-0.05, 0) is 63.8 Å². The molecule has 1 fully saturated rings. The van der Waals surface area contributed by atoms with E-state index in [-0.39, 0.29) is 5.41 Å². The van der Waals surface area contributed by atoms with Crippen LogP contribution >= 0.6 is 11.3 Å². The van der Waals surface area contributed by atoms with E-state index >= 15 is 0 Å². The first-order chi connectivity index (χ1) is 13.7. The van der Waals surface area contributed by atoms with Crippen LogP contribution in [0.5, 0.6) is 0 Å². The SMILES string of the molecule is Cc1cc(C)c(NC(=O)C(=O)NCC2(c3ccc(C(C)O)s3)CCCC2)c(C)c1. The molecule has 1 saturated carbocycles. The van der Waals surface area contributed by atoms with Gasteiger partial charge in [-0.25, -0.2) is 0 Å². The van der Waals surface area contributed by atoms with Gasteiger partial charge in [0.25, 0.3) is 0 Å². The number of benzene rings is 1. The summed E-state index contributed by atoms with van der Waals surface area (Å²) >= 11 is 1.60. The van der Waals surface area contributed by atoms with Crippen molar-refractivity contribution in [2.75, 3.05) is 11.9 Å². The number of carbonyl (C=O) groups excluding carboxylic acids is 2. The van der Waals surface area contributed by atoms with Gasteiger partial charge in [0.05, 0.1) is 6.10 Å². The quantitative estimate of drug-likeness (QED) is 0.639. The minimum atomic E-state index is -0.635. The number of hydrogen-bond donors (Lipinski definition) is 3. The van der Waals surface area contributed by atoms with Gasteiger partial charge in [0, 0.05) is 27.4 Å². The summed E-state index contributed by atoms with van der Waals surface area (Å²) in [7, 11) is 0. The van der Waals surface area contributed by atoms with Crippen LogP contribution in [0, 0.1) is 20.8 Å². The monoisotopic (exact) mass is 414 g/mol. The highest BCUT2D eigenvalue weighted by molar-refractivity contribution is 7.12. The van der Waals surface area contributed by atoms with Crippen LogP contribution in [0.15, 0.2) is 24.3 Å². The molecule has 1 aliphatic rings. The Labute approximate surface area is 176 Å².